The smallest absolute Gasteiger partial charge is 0.154 e. The van der Waals surface area contributed by atoms with Crippen LogP contribution in [-0.4, -0.2) is 22.7 Å². The maximum Gasteiger partial charge on any atom is 0.154 e. The number of ether oxygens (including phenoxy) is 1. The molecule has 0 bridgehead atoms. The first-order valence-corrected chi connectivity index (χ1v) is 23.0. The molecule has 0 saturated heterocycles. The second kappa shape index (κ2) is 19.4. The molecule has 0 amide bonds. The summed E-state index contributed by atoms with van der Waals surface area (Å²) in [7, 11) is 0. The number of aliphatic imine (C=N–C) groups is 2. The van der Waals surface area contributed by atoms with Gasteiger partial charge in [0.05, 0.1) is 11.2 Å². The SMILES string of the molecule is C=C(c1ccccc1)C(C(Oc1ccccc1C(C)=NC(=NCC)c1ccccc1)c1ccccc1)n1c2ccc(-c3ccccc3)cc2c2cc(-c3ccccc3)cc(-c3ccccc3)c21. The van der Waals surface area contributed by atoms with E-state index in [1.54, 1.807) is 0 Å². The highest BCUT2D eigenvalue weighted by Crippen LogP contribution is 2.49. The number of benzene rings is 9. The van der Waals surface area contributed by atoms with E-state index in [0.29, 0.717) is 18.1 Å². The van der Waals surface area contributed by atoms with Crippen molar-refractivity contribution in [2.24, 2.45) is 9.98 Å². The van der Waals surface area contributed by atoms with Gasteiger partial charge in [-0.1, -0.05) is 207 Å². The van der Waals surface area contributed by atoms with Gasteiger partial charge in [0.1, 0.15) is 17.9 Å². The fraction of sp³-hybridized carbons (Fsp3) is 0.0794. The van der Waals surface area contributed by atoms with Gasteiger partial charge in [0.15, 0.2) is 5.84 Å². The summed E-state index contributed by atoms with van der Waals surface area (Å²) in [6, 6.07) is 82.9. The van der Waals surface area contributed by atoms with E-state index >= 15 is 0 Å². The summed E-state index contributed by atoms with van der Waals surface area (Å²) in [5.41, 5.74) is 14.7. The standard InChI is InChI=1S/C63H51N3O/c1-4-64-63(51-35-21-10-22-36-51)65-45(3)54-37-23-24-38-59(54)67-62(50-33-19-9-20-34-50)60(44(2)46-25-11-5-12-26-46)66-58-40-39-52(47-27-13-6-14-28-47)41-56(58)57-43-53(48-29-15-7-16-30-48)42-55(61(57)66)49-31-17-8-18-32-49/h5-43,60,62H,2,4H2,1,3H3. The van der Waals surface area contributed by atoms with E-state index in [2.05, 4.69) is 211 Å². The Labute approximate surface area is 393 Å². The molecule has 10 aromatic rings. The molecule has 4 nitrogen and oxygen atoms in total. The average molecular weight is 866 g/mol. The average Bonchev–Trinajstić information content (AvgIpc) is 3.72. The zero-order chi connectivity index (χ0) is 45.5. The van der Waals surface area contributed by atoms with Gasteiger partial charge in [0, 0.05) is 39.5 Å². The van der Waals surface area contributed by atoms with Crippen molar-refractivity contribution in [1.82, 2.24) is 4.57 Å². The summed E-state index contributed by atoms with van der Waals surface area (Å²) in [4.78, 5) is 10.0. The highest BCUT2D eigenvalue weighted by molar-refractivity contribution is 6.16. The summed E-state index contributed by atoms with van der Waals surface area (Å²) in [6.07, 6.45) is -0.564. The highest BCUT2D eigenvalue weighted by Gasteiger charge is 2.34. The van der Waals surface area contributed by atoms with Crippen LogP contribution in [0.4, 0.5) is 0 Å². The van der Waals surface area contributed by atoms with E-state index in [4.69, 9.17) is 21.3 Å². The quantitative estimate of drug-likeness (QED) is 0.0840. The van der Waals surface area contributed by atoms with Crippen LogP contribution in [0.5, 0.6) is 5.75 Å². The van der Waals surface area contributed by atoms with Gasteiger partial charge in [-0.15, -0.1) is 0 Å². The minimum absolute atomic E-state index is 0.454. The maximum absolute atomic E-state index is 7.66. The Bertz CT molecular complexity index is 3360. The largest absolute Gasteiger partial charge is 0.482 e. The van der Waals surface area contributed by atoms with Gasteiger partial charge >= 0.3 is 0 Å². The Morgan fingerprint density at radius 3 is 1.67 bits per heavy atom. The molecule has 0 radical (unpaired) electrons. The molecule has 1 heterocycles. The van der Waals surface area contributed by atoms with E-state index in [0.717, 1.165) is 88.7 Å². The predicted octanol–water partition coefficient (Wildman–Crippen LogP) is 16.1. The van der Waals surface area contributed by atoms with Gasteiger partial charge in [-0.25, -0.2) is 4.99 Å². The number of hydrogen-bond donors (Lipinski definition) is 0. The van der Waals surface area contributed by atoms with Crippen molar-refractivity contribution in [3.63, 3.8) is 0 Å². The molecule has 0 spiro atoms. The lowest BCUT2D eigenvalue weighted by Gasteiger charge is -2.33. The number of amidine groups is 1. The van der Waals surface area contributed by atoms with Crippen molar-refractivity contribution >= 4 is 38.9 Å². The third kappa shape index (κ3) is 8.78. The molecule has 0 aliphatic heterocycles. The van der Waals surface area contributed by atoms with E-state index in [1.807, 2.05) is 44.2 Å². The molecule has 10 rings (SSSR count). The van der Waals surface area contributed by atoms with E-state index in [9.17, 15) is 0 Å². The Hall–Kier alpha value is -8.34. The Balaban J connectivity index is 1.27. The number of rotatable bonds is 13. The van der Waals surface area contributed by atoms with Crippen molar-refractivity contribution in [1.29, 1.82) is 0 Å². The van der Waals surface area contributed by atoms with Crippen LogP contribution in [0.1, 0.15) is 48.2 Å². The number of para-hydroxylation sites is 1. The Morgan fingerprint density at radius 1 is 0.522 bits per heavy atom. The van der Waals surface area contributed by atoms with Crippen molar-refractivity contribution in [3.8, 4) is 39.1 Å². The molecule has 2 atom stereocenters. The molecular formula is C63H51N3O. The molecule has 4 heteroatoms. The molecule has 9 aromatic carbocycles. The zero-order valence-electron chi connectivity index (χ0n) is 37.8. The molecule has 324 valence electrons. The highest BCUT2D eigenvalue weighted by atomic mass is 16.5. The molecule has 0 N–H and O–H groups in total. The summed E-state index contributed by atoms with van der Waals surface area (Å²) >= 11 is 0. The number of hydrogen-bond acceptors (Lipinski definition) is 2. The molecule has 0 aliphatic carbocycles. The minimum atomic E-state index is -0.564. The van der Waals surface area contributed by atoms with Crippen LogP contribution < -0.4 is 4.74 Å². The minimum Gasteiger partial charge on any atom is -0.482 e. The molecule has 0 aliphatic rings. The van der Waals surface area contributed by atoms with E-state index in [1.165, 1.54) is 0 Å². The Morgan fingerprint density at radius 2 is 1.04 bits per heavy atom. The van der Waals surface area contributed by atoms with Crippen LogP contribution in [0.3, 0.4) is 0 Å². The van der Waals surface area contributed by atoms with Gasteiger partial charge in [0.25, 0.3) is 0 Å². The van der Waals surface area contributed by atoms with Crippen molar-refractivity contribution in [3.05, 3.63) is 265 Å². The van der Waals surface area contributed by atoms with Crippen LogP contribution in [0.25, 0.3) is 60.8 Å². The molecular weight excluding hydrogens is 815 g/mol. The molecule has 1 aromatic heterocycles. The van der Waals surface area contributed by atoms with Gasteiger partial charge in [-0.2, -0.15) is 0 Å². The summed E-state index contributed by atoms with van der Waals surface area (Å²) in [5.74, 6) is 1.41. The fourth-order valence-corrected chi connectivity index (χ4v) is 9.32. The first-order valence-electron chi connectivity index (χ1n) is 23.0. The Kier molecular flexibility index (Phi) is 12.3. The van der Waals surface area contributed by atoms with Crippen molar-refractivity contribution in [2.75, 3.05) is 6.54 Å². The zero-order valence-corrected chi connectivity index (χ0v) is 37.8. The molecule has 0 fully saturated rings. The van der Waals surface area contributed by atoms with Crippen molar-refractivity contribution < 1.29 is 4.74 Å². The summed E-state index contributed by atoms with van der Waals surface area (Å²) in [5, 5.41) is 2.30. The fourth-order valence-electron chi connectivity index (χ4n) is 9.32. The van der Waals surface area contributed by atoms with Gasteiger partial charge < -0.3 is 9.30 Å². The van der Waals surface area contributed by atoms with Crippen LogP contribution in [0.15, 0.2) is 253 Å². The number of nitrogens with zero attached hydrogens (tertiary/aromatic N) is 3. The van der Waals surface area contributed by atoms with Gasteiger partial charge in [-0.3, -0.25) is 4.99 Å². The van der Waals surface area contributed by atoms with Crippen LogP contribution in [0, 0.1) is 0 Å². The van der Waals surface area contributed by atoms with Crippen molar-refractivity contribution in [2.45, 2.75) is 26.0 Å². The number of fused-ring (bicyclic) bond motifs is 3. The lowest BCUT2D eigenvalue weighted by molar-refractivity contribution is 0.169. The summed E-state index contributed by atoms with van der Waals surface area (Å²) in [6.45, 7) is 9.72. The molecule has 0 saturated carbocycles. The van der Waals surface area contributed by atoms with Crippen LogP contribution in [-0.2, 0) is 0 Å². The second-order valence-corrected chi connectivity index (χ2v) is 16.8. The first kappa shape index (κ1) is 42.6. The lowest BCUT2D eigenvalue weighted by atomic mass is 9.90. The third-order valence-corrected chi connectivity index (χ3v) is 12.5. The molecule has 2 unspecified atom stereocenters. The van der Waals surface area contributed by atoms with Crippen LogP contribution >= 0.6 is 0 Å². The monoisotopic (exact) mass is 865 g/mol. The topological polar surface area (TPSA) is 38.9 Å². The predicted molar refractivity (Wildman–Crippen MR) is 282 cm³/mol. The lowest BCUT2D eigenvalue weighted by Crippen LogP contribution is -2.25. The number of aromatic nitrogens is 1. The van der Waals surface area contributed by atoms with E-state index < -0.39 is 12.1 Å². The normalized spacial score (nSPS) is 12.8. The molecule has 67 heavy (non-hydrogen) atoms. The second-order valence-electron chi connectivity index (χ2n) is 16.8. The van der Waals surface area contributed by atoms with Gasteiger partial charge in [-0.05, 0) is 94.8 Å². The third-order valence-electron chi connectivity index (χ3n) is 12.5. The first-order chi connectivity index (χ1) is 33.1. The van der Waals surface area contributed by atoms with Gasteiger partial charge in [0.2, 0.25) is 0 Å². The van der Waals surface area contributed by atoms with Crippen LogP contribution in [0.2, 0.25) is 0 Å². The maximum atomic E-state index is 7.66. The summed E-state index contributed by atoms with van der Waals surface area (Å²) < 4.78 is 10.2. The van der Waals surface area contributed by atoms with E-state index in [-0.39, 0.29) is 0 Å².